The van der Waals surface area contributed by atoms with E-state index in [1.807, 2.05) is 6.92 Å². The third kappa shape index (κ3) is 3.34. The van der Waals surface area contributed by atoms with Crippen molar-refractivity contribution in [1.29, 1.82) is 0 Å². The van der Waals surface area contributed by atoms with Crippen LogP contribution in [0.1, 0.15) is 45.8 Å². The Kier molecular flexibility index (Phi) is 4.85. The summed E-state index contributed by atoms with van der Waals surface area (Å²) < 4.78 is 7.05. The van der Waals surface area contributed by atoms with Crippen LogP contribution < -0.4 is 4.90 Å². The molecule has 3 heterocycles. The average Bonchev–Trinajstić information content (AvgIpc) is 3.27. The summed E-state index contributed by atoms with van der Waals surface area (Å²) in [4.78, 5) is 43.0. The maximum absolute atomic E-state index is 12.8. The SMILES string of the molecule is CC(=O)N1CCc2cc(C(=O)[C@H](C)OC(=O)c3cnc4c(c3)c(C)nn4C)ccc21. The van der Waals surface area contributed by atoms with Gasteiger partial charge in [-0.15, -0.1) is 0 Å². The van der Waals surface area contributed by atoms with Gasteiger partial charge in [0.25, 0.3) is 0 Å². The number of hydrogen-bond donors (Lipinski definition) is 0. The number of esters is 1. The summed E-state index contributed by atoms with van der Waals surface area (Å²) in [6, 6.07) is 6.89. The number of aromatic nitrogens is 3. The van der Waals surface area contributed by atoms with E-state index in [-0.39, 0.29) is 17.3 Å². The van der Waals surface area contributed by atoms with Gasteiger partial charge in [0, 0.05) is 43.4 Å². The second-order valence-corrected chi connectivity index (χ2v) is 7.48. The molecule has 3 aromatic rings. The molecular weight excluding hydrogens is 384 g/mol. The minimum absolute atomic E-state index is 0.0236. The van der Waals surface area contributed by atoms with Crippen molar-refractivity contribution in [2.45, 2.75) is 33.3 Å². The number of benzene rings is 1. The molecule has 8 nitrogen and oxygen atoms in total. The van der Waals surface area contributed by atoms with Crippen molar-refractivity contribution in [3.05, 3.63) is 52.8 Å². The Balaban J connectivity index is 1.50. The second-order valence-electron chi connectivity index (χ2n) is 7.48. The summed E-state index contributed by atoms with van der Waals surface area (Å²) in [5, 5.41) is 5.05. The van der Waals surface area contributed by atoms with Crippen molar-refractivity contribution in [3.63, 3.8) is 0 Å². The topological polar surface area (TPSA) is 94.4 Å². The summed E-state index contributed by atoms with van der Waals surface area (Å²) in [5.41, 5.74) is 3.93. The molecule has 30 heavy (non-hydrogen) atoms. The number of fused-ring (bicyclic) bond motifs is 2. The zero-order valence-corrected chi connectivity index (χ0v) is 17.3. The molecular formula is C22H22N4O4. The van der Waals surface area contributed by atoms with E-state index in [0.29, 0.717) is 24.2 Å². The summed E-state index contributed by atoms with van der Waals surface area (Å²) >= 11 is 0. The van der Waals surface area contributed by atoms with Crippen LogP contribution in [-0.2, 0) is 23.0 Å². The van der Waals surface area contributed by atoms with E-state index in [1.165, 1.54) is 13.1 Å². The molecule has 0 saturated heterocycles. The lowest BCUT2D eigenvalue weighted by Crippen LogP contribution is -2.26. The molecule has 1 aliphatic heterocycles. The average molecular weight is 406 g/mol. The fraction of sp³-hybridized carbons (Fsp3) is 0.318. The molecule has 1 amide bonds. The number of nitrogens with zero attached hydrogens (tertiary/aromatic N) is 4. The molecule has 0 aliphatic carbocycles. The summed E-state index contributed by atoms with van der Waals surface area (Å²) in [5.74, 6) is -0.930. The van der Waals surface area contributed by atoms with Crippen LogP contribution in [0.15, 0.2) is 30.5 Å². The third-order valence-corrected chi connectivity index (χ3v) is 5.39. The van der Waals surface area contributed by atoms with Crippen molar-refractivity contribution in [1.82, 2.24) is 14.8 Å². The van der Waals surface area contributed by atoms with Gasteiger partial charge in [-0.25, -0.2) is 9.78 Å². The quantitative estimate of drug-likeness (QED) is 0.488. The van der Waals surface area contributed by atoms with E-state index in [4.69, 9.17) is 4.74 Å². The van der Waals surface area contributed by atoms with Crippen molar-refractivity contribution in [2.24, 2.45) is 7.05 Å². The van der Waals surface area contributed by atoms with Crippen LogP contribution >= 0.6 is 0 Å². The van der Waals surface area contributed by atoms with Gasteiger partial charge < -0.3 is 9.64 Å². The number of carbonyl (C=O) groups is 3. The molecule has 0 saturated carbocycles. The predicted octanol–water partition coefficient (Wildman–Crippen LogP) is 2.61. The third-order valence-electron chi connectivity index (χ3n) is 5.39. The molecule has 0 N–H and O–H groups in total. The van der Waals surface area contributed by atoms with Crippen LogP contribution in [-0.4, -0.2) is 45.1 Å². The molecule has 0 fully saturated rings. The van der Waals surface area contributed by atoms with Crippen molar-refractivity contribution < 1.29 is 19.1 Å². The first-order valence-electron chi connectivity index (χ1n) is 9.72. The van der Waals surface area contributed by atoms with Gasteiger partial charge in [0.1, 0.15) is 0 Å². The van der Waals surface area contributed by atoms with Gasteiger partial charge in [0.05, 0.1) is 11.3 Å². The Morgan fingerprint density at radius 3 is 2.67 bits per heavy atom. The van der Waals surface area contributed by atoms with E-state index in [9.17, 15) is 14.4 Å². The molecule has 0 radical (unpaired) electrons. The highest BCUT2D eigenvalue weighted by Gasteiger charge is 2.26. The highest BCUT2D eigenvalue weighted by Crippen LogP contribution is 2.29. The standard InChI is InChI=1S/C22H22N4O4/c1-12-18-10-17(11-23-21(18)25(4)24-12)22(29)30-13(2)20(28)16-5-6-19-15(9-16)7-8-26(19)14(3)27/h5-6,9-11,13H,7-8H2,1-4H3/t13-/m0/s1. The van der Waals surface area contributed by atoms with Crippen molar-refractivity contribution >= 4 is 34.4 Å². The predicted molar refractivity (Wildman–Crippen MR) is 111 cm³/mol. The number of anilines is 1. The fourth-order valence-electron chi connectivity index (χ4n) is 3.82. The molecule has 1 aliphatic rings. The van der Waals surface area contributed by atoms with E-state index in [2.05, 4.69) is 10.1 Å². The first kappa shape index (κ1) is 19.8. The van der Waals surface area contributed by atoms with Gasteiger partial charge >= 0.3 is 5.97 Å². The van der Waals surface area contributed by atoms with E-state index in [0.717, 1.165) is 22.3 Å². The number of hydrogen-bond acceptors (Lipinski definition) is 6. The van der Waals surface area contributed by atoms with Gasteiger partial charge in [0.15, 0.2) is 11.8 Å². The summed E-state index contributed by atoms with van der Waals surface area (Å²) in [6.45, 7) is 5.52. The van der Waals surface area contributed by atoms with E-state index in [1.54, 1.807) is 47.8 Å². The monoisotopic (exact) mass is 406 g/mol. The number of aryl methyl sites for hydroxylation is 2. The number of ether oxygens (including phenoxy) is 1. The molecule has 2 aromatic heterocycles. The first-order chi connectivity index (χ1) is 14.3. The highest BCUT2D eigenvalue weighted by atomic mass is 16.5. The molecule has 154 valence electrons. The molecule has 1 aromatic carbocycles. The van der Waals surface area contributed by atoms with Crippen LogP contribution in [0.5, 0.6) is 0 Å². The van der Waals surface area contributed by atoms with Gasteiger partial charge in [-0.2, -0.15) is 5.10 Å². The lowest BCUT2D eigenvalue weighted by Gasteiger charge is -2.16. The number of rotatable bonds is 4. The van der Waals surface area contributed by atoms with Crippen molar-refractivity contribution in [3.8, 4) is 0 Å². The van der Waals surface area contributed by atoms with Crippen LogP contribution in [0.25, 0.3) is 11.0 Å². The largest absolute Gasteiger partial charge is 0.451 e. The minimum Gasteiger partial charge on any atom is -0.451 e. The molecule has 4 rings (SSSR count). The lowest BCUT2D eigenvalue weighted by molar-refractivity contribution is -0.116. The van der Waals surface area contributed by atoms with Crippen LogP contribution in [0, 0.1) is 6.92 Å². The maximum Gasteiger partial charge on any atom is 0.340 e. The normalized spacial score (nSPS) is 13.9. The second kappa shape index (κ2) is 7.37. The lowest BCUT2D eigenvalue weighted by atomic mass is 10.0. The first-order valence-corrected chi connectivity index (χ1v) is 9.72. The van der Waals surface area contributed by atoms with Gasteiger partial charge in [0.2, 0.25) is 11.7 Å². The highest BCUT2D eigenvalue weighted by molar-refractivity contribution is 6.03. The van der Waals surface area contributed by atoms with Gasteiger partial charge in [-0.3, -0.25) is 14.3 Å². The minimum atomic E-state index is -0.952. The molecule has 8 heteroatoms. The fourth-order valence-corrected chi connectivity index (χ4v) is 3.82. The Morgan fingerprint density at radius 1 is 1.17 bits per heavy atom. The van der Waals surface area contributed by atoms with Crippen molar-refractivity contribution in [2.75, 3.05) is 11.4 Å². The summed E-state index contributed by atoms with van der Waals surface area (Å²) in [7, 11) is 1.79. The maximum atomic E-state index is 12.8. The van der Waals surface area contributed by atoms with Crippen LogP contribution in [0.3, 0.4) is 0 Å². The number of pyridine rings is 1. The van der Waals surface area contributed by atoms with Crippen LogP contribution in [0.4, 0.5) is 5.69 Å². The van der Waals surface area contributed by atoms with E-state index < -0.39 is 12.1 Å². The Morgan fingerprint density at radius 2 is 1.93 bits per heavy atom. The number of ketones is 1. The molecule has 1 atom stereocenters. The van der Waals surface area contributed by atoms with Gasteiger partial charge in [-0.05, 0) is 50.1 Å². The smallest absolute Gasteiger partial charge is 0.340 e. The van der Waals surface area contributed by atoms with Crippen LogP contribution in [0.2, 0.25) is 0 Å². The zero-order valence-electron chi connectivity index (χ0n) is 17.3. The molecule has 0 bridgehead atoms. The number of carbonyl (C=O) groups excluding carboxylic acids is 3. The Labute approximate surface area is 173 Å². The summed E-state index contributed by atoms with van der Waals surface area (Å²) in [6.07, 6.45) is 1.17. The Hall–Kier alpha value is -3.55. The Bertz CT molecular complexity index is 1200. The van der Waals surface area contributed by atoms with E-state index >= 15 is 0 Å². The van der Waals surface area contributed by atoms with Gasteiger partial charge in [-0.1, -0.05) is 0 Å². The zero-order chi connectivity index (χ0) is 21.6. The molecule has 0 unspecified atom stereocenters. The number of Topliss-reactive ketones (excluding diaryl/α,β-unsaturated/α-hetero) is 1. The molecule has 0 spiro atoms. The number of amides is 1.